The summed E-state index contributed by atoms with van der Waals surface area (Å²) < 4.78 is 5.36. The maximum Gasteiger partial charge on any atom is 0.303 e. The molecule has 22 heavy (non-hydrogen) atoms. The van der Waals surface area contributed by atoms with E-state index in [9.17, 15) is 9.59 Å². The summed E-state index contributed by atoms with van der Waals surface area (Å²) in [5.74, 6) is -0.983. The molecule has 0 saturated carbocycles. The second-order valence-electron chi connectivity index (χ2n) is 5.25. The van der Waals surface area contributed by atoms with Crippen LogP contribution >= 0.6 is 0 Å². The van der Waals surface area contributed by atoms with Gasteiger partial charge in [-0.2, -0.15) is 0 Å². The molecule has 0 spiro atoms. The van der Waals surface area contributed by atoms with Crippen LogP contribution in [0.1, 0.15) is 24.8 Å². The highest BCUT2D eigenvalue weighted by molar-refractivity contribution is 5.77. The summed E-state index contributed by atoms with van der Waals surface area (Å²) in [4.78, 5) is 24.4. The van der Waals surface area contributed by atoms with E-state index >= 15 is 0 Å². The van der Waals surface area contributed by atoms with Crippen molar-refractivity contribution >= 4 is 17.6 Å². The van der Waals surface area contributed by atoms with Gasteiger partial charge in [-0.3, -0.25) is 9.59 Å². The van der Waals surface area contributed by atoms with E-state index in [1.54, 1.807) is 0 Å². The third kappa shape index (κ3) is 5.04. The number of para-hydroxylation sites is 1. The van der Waals surface area contributed by atoms with Gasteiger partial charge in [0, 0.05) is 38.2 Å². The number of benzene rings is 1. The highest BCUT2D eigenvalue weighted by Crippen LogP contribution is 2.21. The van der Waals surface area contributed by atoms with E-state index in [2.05, 4.69) is 16.3 Å². The Labute approximate surface area is 130 Å². The lowest BCUT2D eigenvalue weighted by Gasteiger charge is -2.30. The highest BCUT2D eigenvalue weighted by Gasteiger charge is 2.14. The number of anilines is 1. The van der Waals surface area contributed by atoms with E-state index in [0.717, 1.165) is 37.6 Å². The number of rotatable bonds is 7. The molecule has 2 rings (SSSR count). The molecule has 1 aliphatic heterocycles. The maximum atomic E-state index is 11.7. The first-order chi connectivity index (χ1) is 10.7. The van der Waals surface area contributed by atoms with Crippen molar-refractivity contribution in [3.63, 3.8) is 0 Å². The normalized spacial score (nSPS) is 14.6. The van der Waals surface area contributed by atoms with Gasteiger partial charge in [0.25, 0.3) is 0 Å². The molecule has 6 heteroatoms. The van der Waals surface area contributed by atoms with E-state index in [4.69, 9.17) is 9.84 Å². The van der Waals surface area contributed by atoms with Gasteiger partial charge in [-0.25, -0.2) is 0 Å². The Kier molecular flexibility index (Phi) is 6.21. The van der Waals surface area contributed by atoms with Gasteiger partial charge in [-0.1, -0.05) is 18.2 Å². The molecule has 120 valence electrons. The zero-order valence-corrected chi connectivity index (χ0v) is 12.6. The minimum absolute atomic E-state index is 0.0256. The van der Waals surface area contributed by atoms with Crippen LogP contribution in [0, 0.1) is 0 Å². The van der Waals surface area contributed by atoms with Crippen LogP contribution in [0.5, 0.6) is 0 Å². The van der Waals surface area contributed by atoms with E-state index in [1.165, 1.54) is 0 Å². The number of amides is 1. The van der Waals surface area contributed by atoms with Crippen molar-refractivity contribution < 1.29 is 19.4 Å². The molecule has 0 unspecified atom stereocenters. The molecule has 1 amide bonds. The summed E-state index contributed by atoms with van der Waals surface area (Å²) in [7, 11) is 0. The smallest absolute Gasteiger partial charge is 0.303 e. The fraction of sp³-hybridized carbons (Fsp3) is 0.500. The number of aliphatic carboxylic acids is 1. The third-order valence-electron chi connectivity index (χ3n) is 3.61. The molecular formula is C16H22N2O4. The third-order valence-corrected chi connectivity index (χ3v) is 3.61. The Morgan fingerprint density at radius 2 is 1.91 bits per heavy atom. The van der Waals surface area contributed by atoms with Gasteiger partial charge in [0.05, 0.1) is 13.2 Å². The highest BCUT2D eigenvalue weighted by atomic mass is 16.5. The van der Waals surface area contributed by atoms with Crippen LogP contribution in [0.3, 0.4) is 0 Å². The van der Waals surface area contributed by atoms with Crippen molar-refractivity contribution in [2.75, 3.05) is 31.2 Å². The SMILES string of the molecule is O=C(O)CCCC(=O)NCc1ccccc1N1CCOCC1. The van der Waals surface area contributed by atoms with E-state index < -0.39 is 5.97 Å². The average molecular weight is 306 g/mol. The van der Waals surface area contributed by atoms with Gasteiger partial charge < -0.3 is 20.1 Å². The van der Waals surface area contributed by atoms with E-state index in [-0.39, 0.29) is 18.7 Å². The zero-order chi connectivity index (χ0) is 15.8. The van der Waals surface area contributed by atoms with Gasteiger partial charge in [-0.15, -0.1) is 0 Å². The van der Waals surface area contributed by atoms with Gasteiger partial charge in [0.2, 0.25) is 5.91 Å². The summed E-state index contributed by atoms with van der Waals surface area (Å²) in [5.41, 5.74) is 2.19. The lowest BCUT2D eigenvalue weighted by Crippen LogP contribution is -2.37. The average Bonchev–Trinajstić information content (AvgIpc) is 2.54. The van der Waals surface area contributed by atoms with Gasteiger partial charge >= 0.3 is 5.97 Å². The number of carboxylic acids is 1. The van der Waals surface area contributed by atoms with Crippen molar-refractivity contribution in [1.82, 2.24) is 5.32 Å². The number of nitrogens with zero attached hydrogens (tertiary/aromatic N) is 1. The van der Waals surface area contributed by atoms with Crippen molar-refractivity contribution in [3.8, 4) is 0 Å². The number of morpholine rings is 1. The summed E-state index contributed by atoms with van der Waals surface area (Å²) in [6.45, 7) is 3.60. The first-order valence-electron chi connectivity index (χ1n) is 7.56. The standard InChI is InChI=1S/C16H22N2O4/c19-15(6-3-7-16(20)21)17-12-13-4-1-2-5-14(13)18-8-10-22-11-9-18/h1-2,4-5H,3,6-12H2,(H,17,19)(H,20,21). The minimum Gasteiger partial charge on any atom is -0.481 e. The number of carbonyl (C=O) groups is 2. The predicted octanol–water partition coefficient (Wildman–Crippen LogP) is 1.39. The van der Waals surface area contributed by atoms with E-state index in [1.807, 2.05) is 18.2 Å². The van der Waals surface area contributed by atoms with Gasteiger partial charge in [0.1, 0.15) is 0 Å². The summed E-state index contributed by atoms with van der Waals surface area (Å²) >= 11 is 0. The number of hydrogen-bond acceptors (Lipinski definition) is 4. The van der Waals surface area contributed by atoms with Gasteiger partial charge in [-0.05, 0) is 18.1 Å². The minimum atomic E-state index is -0.870. The molecule has 0 bridgehead atoms. The molecule has 1 fully saturated rings. The molecule has 1 aliphatic rings. The number of carbonyl (C=O) groups excluding carboxylic acids is 1. The Balaban J connectivity index is 1.87. The topological polar surface area (TPSA) is 78.9 Å². The number of hydrogen-bond donors (Lipinski definition) is 2. The Morgan fingerprint density at radius 3 is 2.64 bits per heavy atom. The molecule has 0 aromatic heterocycles. The Bertz CT molecular complexity index is 513. The van der Waals surface area contributed by atoms with Crippen LogP contribution < -0.4 is 10.2 Å². The fourth-order valence-corrected chi connectivity index (χ4v) is 2.46. The van der Waals surface area contributed by atoms with Crippen molar-refractivity contribution in [2.24, 2.45) is 0 Å². The van der Waals surface area contributed by atoms with Crippen LogP contribution in [0.25, 0.3) is 0 Å². The molecule has 1 aromatic carbocycles. The lowest BCUT2D eigenvalue weighted by molar-refractivity contribution is -0.137. The summed E-state index contributed by atoms with van der Waals surface area (Å²) in [6.07, 6.45) is 0.635. The second kappa shape index (κ2) is 8.38. The number of ether oxygens (including phenoxy) is 1. The fourth-order valence-electron chi connectivity index (χ4n) is 2.46. The van der Waals surface area contributed by atoms with Crippen LogP contribution in [0.4, 0.5) is 5.69 Å². The quantitative estimate of drug-likeness (QED) is 0.796. The monoisotopic (exact) mass is 306 g/mol. The molecule has 6 nitrogen and oxygen atoms in total. The van der Waals surface area contributed by atoms with E-state index in [0.29, 0.717) is 13.0 Å². The molecule has 2 N–H and O–H groups in total. The zero-order valence-electron chi connectivity index (χ0n) is 12.6. The maximum absolute atomic E-state index is 11.7. The lowest BCUT2D eigenvalue weighted by atomic mass is 10.1. The molecule has 0 aliphatic carbocycles. The van der Waals surface area contributed by atoms with Crippen molar-refractivity contribution in [3.05, 3.63) is 29.8 Å². The first kappa shape index (κ1) is 16.3. The molecule has 1 heterocycles. The Hall–Kier alpha value is -2.08. The second-order valence-corrected chi connectivity index (χ2v) is 5.25. The Morgan fingerprint density at radius 1 is 1.18 bits per heavy atom. The first-order valence-corrected chi connectivity index (χ1v) is 7.56. The van der Waals surface area contributed by atoms with Crippen LogP contribution in [0.15, 0.2) is 24.3 Å². The van der Waals surface area contributed by atoms with Gasteiger partial charge in [0.15, 0.2) is 0 Å². The summed E-state index contributed by atoms with van der Waals surface area (Å²) in [5, 5.41) is 11.4. The number of nitrogens with one attached hydrogen (secondary N) is 1. The molecule has 1 aromatic rings. The van der Waals surface area contributed by atoms with Crippen molar-refractivity contribution in [1.29, 1.82) is 0 Å². The molecule has 0 atom stereocenters. The molecule has 0 radical (unpaired) electrons. The molecule has 1 saturated heterocycles. The number of carboxylic acid groups (broad SMARTS) is 1. The molecular weight excluding hydrogens is 284 g/mol. The van der Waals surface area contributed by atoms with Crippen LogP contribution in [-0.4, -0.2) is 43.3 Å². The van der Waals surface area contributed by atoms with Crippen LogP contribution in [0.2, 0.25) is 0 Å². The predicted molar refractivity (Wildman–Crippen MR) is 82.8 cm³/mol. The van der Waals surface area contributed by atoms with Crippen LogP contribution in [-0.2, 0) is 20.9 Å². The van der Waals surface area contributed by atoms with Crippen molar-refractivity contribution in [2.45, 2.75) is 25.8 Å². The largest absolute Gasteiger partial charge is 0.481 e. The summed E-state index contributed by atoms with van der Waals surface area (Å²) in [6, 6.07) is 8.00.